The maximum atomic E-state index is 12.7. The summed E-state index contributed by atoms with van der Waals surface area (Å²) in [5.41, 5.74) is 0.644. The Balaban J connectivity index is 1.79. The molecule has 162 valence electrons. The van der Waals surface area contributed by atoms with Crippen molar-refractivity contribution in [1.82, 2.24) is 19.4 Å². The zero-order valence-corrected chi connectivity index (χ0v) is 17.1. The van der Waals surface area contributed by atoms with Crippen molar-refractivity contribution in [3.05, 3.63) is 54.5 Å². The van der Waals surface area contributed by atoms with Crippen LogP contribution in [0.5, 0.6) is 0 Å². The van der Waals surface area contributed by atoms with E-state index in [1.807, 2.05) is 28.8 Å². The first-order valence-corrected chi connectivity index (χ1v) is 10.1. The first kappa shape index (κ1) is 21.0. The van der Waals surface area contributed by atoms with E-state index in [2.05, 4.69) is 9.97 Å². The molecule has 0 bridgehead atoms. The Kier molecular flexibility index (Phi) is 5.71. The molecule has 2 N–H and O–H groups in total. The topological polar surface area (TPSA) is 118 Å². The van der Waals surface area contributed by atoms with Crippen LogP contribution in [0.1, 0.15) is 18.9 Å². The fourth-order valence-electron chi connectivity index (χ4n) is 4.47. The molecule has 0 spiro atoms. The van der Waals surface area contributed by atoms with Gasteiger partial charge < -0.3 is 14.9 Å². The number of aromatic nitrogens is 3. The standard InChI is InChI=1S/C22H24N4O5/c1-15(12-20(27)28)22(21(29)30,25-8-10-31-11-9-25)16-6-7-19(23-13-16)26-14-24-17-4-2-3-5-18(17)26/h2-7,13-15H,8-12H2,1H3,(H,27,28)(H,29,30). The minimum absolute atomic E-state index is 0.280. The predicted octanol–water partition coefficient (Wildman–Crippen LogP) is 2.14. The van der Waals surface area contributed by atoms with Crippen LogP contribution in [0.25, 0.3) is 16.9 Å². The number of ether oxygens (including phenoxy) is 1. The van der Waals surface area contributed by atoms with Crippen LogP contribution in [-0.2, 0) is 19.9 Å². The number of pyridine rings is 1. The number of aliphatic carboxylic acids is 2. The number of imidazole rings is 1. The fourth-order valence-corrected chi connectivity index (χ4v) is 4.47. The average Bonchev–Trinajstić information content (AvgIpc) is 3.19. The Bertz CT molecular complexity index is 1090. The summed E-state index contributed by atoms with van der Waals surface area (Å²) in [6.07, 6.45) is 2.93. The number of morpholine rings is 1. The molecular weight excluding hydrogens is 400 g/mol. The van der Waals surface area contributed by atoms with Crippen molar-refractivity contribution in [2.45, 2.75) is 18.9 Å². The lowest BCUT2D eigenvalue weighted by Crippen LogP contribution is -2.59. The van der Waals surface area contributed by atoms with Crippen LogP contribution in [0.3, 0.4) is 0 Å². The summed E-state index contributed by atoms with van der Waals surface area (Å²) in [6, 6.07) is 11.1. The van der Waals surface area contributed by atoms with Gasteiger partial charge in [0.05, 0.1) is 30.7 Å². The Hall–Kier alpha value is -3.30. The molecule has 1 saturated heterocycles. The van der Waals surface area contributed by atoms with Gasteiger partial charge in [-0.2, -0.15) is 0 Å². The number of para-hydroxylation sites is 2. The van der Waals surface area contributed by atoms with Gasteiger partial charge in [-0.15, -0.1) is 0 Å². The third-order valence-electron chi connectivity index (χ3n) is 5.92. The molecule has 3 aromatic rings. The molecular formula is C22H24N4O5. The molecule has 3 heterocycles. The molecule has 2 atom stereocenters. The van der Waals surface area contributed by atoms with Crippen molar-refractivity contribution in [2.24, 2.45) is 5.92 Å². The molecule has 31 heavy (non-hydrogen) atoms. The number of hydrogen-bond acceptors (Lipinski definition) is 6. The van der Waals surface area contributed by atoms with E-state index in [1.54, 1.807) is 30.3 Å². The zero-order chi connectivity index (χ0) is 22.0. The second-order valence-electron chi connectivity index (χ2n) is 7.68. The van der Waals surface area contributed by atoms with Crippen molar-refractivity contribution in [3.63, 3.8) is 0 Å². The largest absolute Gasteiger partial charge is 0.481 e. The van der Waals surface area contributed by atoms with E-state index in [0.717, 1.165) is 11.0 Å². The van der Waals surface area contributed by atoms with Gasteiger partial charge in [-0.05, 0) is 24.1 Å². The number of hydrogen-bond donors (Lipinski definition) is 2. The van der Waals surface area contributed by atoms with Crippen molar-refractivity contribution in [3.8, 4) is 5.82 Å². The van der Waals surface area contributed by atoms with Crippen molar-refractivity contribution >= 4 is 23.0 Å². The summed E-state index contributed by atoms with van der Waals surface area (Å²) in [5.74, 6) is -2.22. The first-order valence-electron chi connectivity index (χ1n) is 10.1. The normalized spacial score (nSPS) is 17.8. The maximum absolute atomic E-state index is 12.7. The quantitative estimate of drug-likeness (QED) is 0.592. The Morgan fingerprint density at radius 1 is 1.13 bits per heavy atom. The number of carboxylic acid groups (broad SMARTS) is 2. The Morgan fingerprint density at radius 2 is 1.87 bits per heavy atom. The third-order valence-corrected chi connectivity index (χ3v) is 5.92. The number of carbonyl (C=O) groups is 2. The fraction of sp³-hybridized carbons (Fsp3) is 0.364. The van der Waals surface area contributed by atoms with Gasteiger partial charge in [-0.25, -0.2) is 14.8 Å². The molecule has 0 saturated carbocycles. The summed E-state index contributed by atoms with van der Waals surface area (Å²) in [7, 11) is 0. The van der Waals surface area contributed by atoms with Crippen molar-refractivity contribution in [1.29, 1.82) is 0 Å². The maximum Gasteiger partial charge on any atom is 0.329 e. The first-order chi connectivity index (χ1) is 14.9. The zero-order valence-electron chi connectivity index (χ0n) is 17.1. The highest BCUT2D eigenvalue weighted by molar-refractivity contribution is 5.82. The second kappa shape index (κ2) is 8.44. The monoisotopic (exact) mass is 424 g/mol. The molecule has 9 nitrogen and oxygen atoms in total. The number of rotatable bonds is 7. The van der Waals surface area contributed by atoms with Gasteiger partial charge in [-0.1, -0.05) is 25.1 Å². The lowest BCUT2D eigenvalue weighted by Gasteiger charge is -2.46. The molecule has 0 radical (unpaired) electrons. The van der Waals surface area contributed by atoms with Crippen LogP contribution in [0, 0.1) is 5.92 Å². The Morgan fingerprint density at radius 3 is 2.52 bits per heavy atom. The van der Waals surface area contributed by atoms with E-state index in [0.29, 0.717) is 37.7 Å². The number of carboxylic acids is 2. The molecule has 1 aromatic carbocycles. The van der Waals surface area contributed by atoms with Gasteiger partial charge in [0.2, 0.25) is 0 Å². The SMILES string of the molecule is CC(CC(=O)O)C(C(=O)O)(c1ccc(-n2cnc3ccccc32)nc1)N1CCOCC1. The van der Waals surface area contributed by atoms with Crippen LogP contribution in [0.4, 0.5) is 0 Å². The van der Waals surface area contributed by atoms with Crippen LogP contribution in [0.2, 0.25) is 0 Å². The van der Waals surface area contributed by atoms with Gasteiger partial charge in [0.15, 0.2) is 0 Å². The third kappa shape index (κ3) is 3.66. The number of nitrogens with zero attached hydrogens (tertiary/aromatic N) is 4. The van der Waals surface area contributed by atoms with E-state index in [-0.39, 0.29) is 6.42 Å². The minimum Gasteiger partial charge on any atom is -0.481 e. The molecule has 2 unspecified atom stereocenters. The number of fused-ring (bicyclic) bond motifs is 1. The van der Waals surface area contributed by atoms with Crippen molar-refractivity contribution < 1.29 is 24.5 Å². The lowest BCUT2D eigenvalue weighted by molar-refractivity contribution is -0.163. The highest BCUT2D eigenvalue weighted by Gasteiger charge is 2.51. The molecule has 9 heteroatoms. The van der Waals surface area contributed by atoms with Gasteiger partial charge in [0.1, 0.15) is 17.7 Å². The van der Waals surface area contributed by atoms with E-state index in [1.165, 1.54) is 6.20 Å². The van der Waals surface area contributed by atoms with Gasteiger partial charge in [0, 0.05) is 24.8 Å². The molecule has 1 fully saturated rings. The van der Waals surface area contributed by atoms with E-state index >= 15 is 0 Å². The molecule has 2 aromatic heterocycles. The van der Waals surface area contributed by atoms with Gasteiger partial charge in [0.25, 0.3) is 0 Å². The molecule has 1 aliphatic heterocycles. The minimum atomic E-state index is -1.52. The predicted molar refractivity (Wildman–Crippen MR) is 112 cm³/mol. The highest BCUT2D eigenvalue weighted by Crippen LogP contribution is 2.39. The van der Waals surface area contributed by atoms with Crippen molar-refractivity contribution in [2.75, 3.05) is 26.3 Å². The lowest BCUT2D eigenvalue weighted by atomic mass is 9.76. The summed E-state index contributed by atoms with van der Waals surface area (Å²) in [5, 5.41) is 19.8. The van der Waals surface area contributed by atoms with E-state index < -0.39 is 23.4 Å². The van der Waals surface area contributed by atoms with Crippen LogP contribution in [0.15, 0.2) is 48.9 Å². The summed E-state index contributed by atoms with van der Waals surface area (Å²) in [4.78, 5) is 34.9. The van der Waals surface area contributed by atoms with Crippen LogP contribution < -0.4 is 0 Å². The molecule has 0 amide bonds. The van der Waals surface area contributed by atoms with Crippen LogP contribution in [-0.4, -0.2) is 67.9 Å². The highest BCUT2D eigenvalue weighted by atomic mass is 16.5. The summed E-state index contributed by atoms with van der Waals surface area (Å²) in [6.45, 7) is 3.23. The summed E-state index contributed by atoms with van der Waals surface area (Å²) < 4.78 is 7.23. The van der Waals surface area contributed by atoms with Gasteiger partial charge >= 0.3 is 11.9 Å². The molecule has 4 rings (SSSR count). The van der Waals surface area contributed by atoms with Crippen LogP contribution >= 0.6 is 0 Å². The average molecular weight is 424 g/mol. The second-order valence-corrected chi connectivity index (χ2v) is 7.68. The molecule has 1 aliphatic rings. The van der Waals surface area contributed by atoms with E-state index in [9.17, 15) is 19.8 Å². The number of benzene rings is 1. The molecule has 0 aliphatic carbocycles. The van der Waals surface area contributed by atoms with Gasteiger partial charge in [-0.3, -0.25) is 14.3 Å². The smallest absolute Gasteiger partial charge is 0.329 e. The summed E-state index contributed by atoms with van der Waals surface area (Å²) >= 11 is 0. The van der Waals surface area contributed by atoms with E-state index in [4.69, 9.17) is 4.74 Å². The Labute approximate surface area is 178 Å².